The van der Waals surface area contributed by atoms with Crippen molar-refractivity contribution in [2.45, 2.75) is 24.2 Å². The van der Waals surface area contributed by atoms with Crippen LogP contribution in [0.4, 0.5) is 5.69 Å². The van der Waals surface area contributed by atoms with Gasteiger partial charge in [-0.2, -0.15) is 0 Å². The zero-order chi connectivity index (χ0) is 22.5. The van der Waals surface area contributed by atoms with Crippen molar-refractivity contribution in [2.24, 2.45) is 0 Å². The zero-order valence-electron chi connectivity index (χ0n) is 17.8. The van der Waals surface area contributed by atoms with Crippen LogP contribution in [-0.2, 0) is 10.0 Å². The van der Waals surface area contributed by atoms with E-state index in [1.54, 1.807) is 30.3 Å². The highest BCUT2D eigenvalue weighted by Gasteiger charge is 2.40. The third kappa shape index (κ3) is 3.24. The number of fused-ring (bicyclic) bond motifs is 2. The molecule has 2 aliphatic rings. The van der Waals surface area contributed by atoms with Gasteiger partial charge < -0.3 is 10.0 Å². The third-order valence-electron chi connectivity index (χ3n) is 6.35. The molecule has 1 N–H and O–H groups in total. The molecule has 164 valence electrons. The number of Topliss-reactive ketones (excluding diaryl/α,β-unsaturated/α-hetero) is 1. The minimum Gasteiger partial charge on any atom is -0.505 e. The van der Waals surface area contributed by atoms with Crippen molar-refractivity contribution in [1.82, 2.24) is 4.31 Å². The summed E-state index contributed by atoms with van der Waals surface area (Å²) in [4.78, 5) is 15.5. The summed E-state index contributed by atoms with van der Waals surface area (Å²) in [5.41, 5.74) is 1.05. The number of piperidine rings is 1. The van der Waals surface area contributed by atoms with Crippen molar-refractivity contribution < 1.29 is 18.3 Å². The normalized spacial score (nSPS) is 19.7. The Balaban J connectivity index is 1.62. The van der Waals surface area contributed by atoms with Crippen molar-refractivity contribution in [3.8, 4) is 0 Å². The standard InChI is InChI=1S/C25H24N2O4S/c1-26-23(24(28)19-10-9-17-7-3-4-8-18(17)15-19)25(29)21-12-11-20(16-22(21)32(26,30)31)27-13-5-2-6-14-27/h3-4,7-12,15-16,28H,2,5-6,13-14H2,1H3/b24-23+. The van der Waals surface area contributed by atoms with Crippen LogP contribution < -0.4 is 4.90 Å². The molecule has 2 heterocycles. The second-order valence-corrected chi connectivity index (χ2v) is 10.2. The average molecular weight is 449 g/mol. The highest BCUT2D eigenvalue weighted by molar-refractivity contribution is 7.89. The molecule has 7 heteroatoms. The highest BCUT2D eigenvalue weighted by Crippen LogP contribution is 2.37. The summed E-state index contributed by atoms with van der Waals surface area (Å²) in [6, 6.07) is 17.9. The number of benzene rings is 3. The monoisotopic (exact) mass is 448 g/mol. The molecule has 0 atom stereocenters. The predicted molar refractivity (Wildman–Crippen MR) is 125 cm³/mol. The number of sulfonamides is 1. The van der Waals surface area contributed by atoms with Crippen LogP contribution in [0.3, 0.4) is 0 Å². The molecule has 0 bridgehead atoms. The predicted octanol–water partition coefficient (Wildman–Crippen LogP) is 4.57. The van der Waals surface area contributed by atoms with Crippen LogP contribution in [0, 0.1) is 0 Å². The molecular formula is C25H24N2O4S. The zero-order valence-corrected chi connectivity index (χ0v) is 18.6. The smallest absolute Gasteiger partial charge is 0.265 e. The summed E-state index contributed by atoms with van der Waals surface area (Å²) in [7, 11) is -2.68. The van der Waals surface area contributed by atoms with Crippen LogP contribution in [0.5, 0.6) is 0 Å². The van der Waals surface area contributed by atoms with E-state index in [0.717, 1.165) is 46.7 Å². The maximum atomic E-state index is 13.4. The van der Waals surface area contributed by atoms with Gasteiger partial charge >= 0.3 is 0 Å². The van der Waals surface area contributed by atoms with E-state index in [-0.39, 0.29) is 21.9 Å². The molecule has 32 heavy (non-hydrogen) atoms. The lowest BCUT2D eigenvalue weighted by atomic mass is 10.0. The maximum Gasteiger partial charge on any atom is 0.265 e. The average Bonchev–Trinajstić information content (AvgIpc) is 2.83. The lowest BCUT2D eigenvalue weighted by Gasteiger charge is -2.32. The molecule has 0 amide bonds. The summed E-state index contributed by atoms with van der Waals surface area (Å²) in [6.45, 7) is 1.74. The molecule has 0 radical (unpaired) electrons. The van der Waals surface area contributed by atoms with Gasteiger partial charge in [-0.1, -0.05) is 36.4 Å². The van der Waals surface area contributed by atoms with Crippen LogP contribution >= 0.6 is 0 Å². The SMILES string of the molecule is CN1/C(=C(/O)c2ccc3ccccc3c2)C(=O)c2ccc(N3CCCCC3)cc2S1(=O)=O. The topological polar surface area (TPSA) is 77.9 Å². The minimum absolute atomic E-state index is 0.0110. The molecule has 3 aromatic rings. The van der Waals surface area contributed by atoms with E-state index in [1.807, 2.05) is 30.3 Å². The summed E-state index contributed by atoms with van der Waals surface area (Å²) >= 11 is 0. The number of ketones is 1. The molecule has 0 saturated carbocycles. The fraction of sp³-hybridized carbons (Fsp3) is 0.240. The number of carbonyl (C=O) groups is 1. The first-order chi connectivity index (χ1) is 15.4. The van der Waals surface area contributed by atoms with Gasteiger partial charge in [0.05, 0.1) is 0 Å². The number of likely N-dealkylation sites (N-methyl/N-ethyl adjacent to an activating group) is 1. The second-order valence-electron chi connectivity index (χ2n) is 8.29. The van der Waals surface area contributed by atoms with E-state index in [4.69, 9.17) is 0 Å². The quantitative estimate of drug-likeness (QED) is 0.459. The first-order valence-electron chi connectivity index (χ1n) is 10.7. The number of aliphatic hydroxyl groups is 1. The van der Waals surface area contributed by atoms with E-state index < -0.39 is 15.8 Å². The van der Waals surface area contributed by atoms with Gasteiger partial charge in [0, 0.05) is 37.0 Å². The number of carbonyl (C=O) groups excluding carboxylic acids is 1. The van der Waals surface area contributed by atoms with Gasteiger partial charge in [-0.25, -0.2) is 8.42 Å². The summed E-state index contributed by atoms with van der Waals surface area (Å²) in [5.74, 6) is -0.856. The summed E-state index contributed by atoms with van der Waals surface area (Å²) < 4.78 is 27.6. The number of aliphatic hydroxyl groups excluding tert-OH is 1. The molecule has 3 aromatic carbocycles. The van der Waals surface area contributed by atoms with Gasteiger partial charge in [0.25, 0.3) is 10.0 Å². The van der Waals surface area contributed by atoms with E-state index in [0.29, 0.717) is 5.56 Å². The fourth-order valence-corrected chi connectivity index (χ4v) is 5.94. The number of anilines is 1. The van der Waals surface area contributed by atoms with Gasteiger partial charge in [-0.05, 0) is 54.3 Å². The second kappa shape index (κ2) is 7.67. The molecule has 0 spiro atoms. The highest BCUT2D eigenvalue weighted by atomic mass is 32.2. The molecule has 0 aromatic heterocycles. The van der Waals surface area contributed by atoms with E-state index in [1.165, 1.54) is 13.5 Å². The lowest BCUT2D eigenvalue weighted by Crippen LogP contribution is -2.37. The van der Waals surface area contributed by atoms with Crippen LogP contribution in [0.1, 0.15) is 35.2 Å². The van der Waals surface area contributed by atoms with E-state index in [2.05, 4.69) is 4.90 Å². The van der Waals surface area contributed by atoms with Crippen molar-refractivity contribution in [3.63, 3.8) is 0 Å². The Morgan fingerprint density at radius 1 is 0.906 bits per heavy atom. The van der Waals surface area contributed by atoms with E-state index >= 15 is 0 Å². The van der Waals surface area contributed by atoms with Crippen LogP contribution in [-0.4, -0.2) is 43.7 Å². The summed E-state index contributed by atoms with van der Waals surface area (Å²) in [6.07, 6.45) is 3.30. The van der Waals surface area contributed by atoms with Gasteiger partial charge in [-0.3, -0.25) is 9.10 Å². The number of rotatable bonds is 2. The Morgan fingerprint density at radius 3 is 2.38 bits per heavy atom. The minimum atomic E-state index is -3.99. The van der Waals surface area contributed by atoms with Crippen LogP contribution in [0.15, 0.2) is 71.3 Å². The molecule has 2 aliphatic heterocycles. The molecule has 1 fully saturated rings. The van der Waals surface area contributed by atoms with Crippen molar-refractivity contribution in [3.05, 3.63) is 77.5 Å². The number of nitrogens with zero attached hydrogens (tertiary/aromatic N) is 2. The molecule has 1 saturated heterocycles. The van der Waals surface area contributed by atoms with Gasteiger partial charge in [0.1, 0.15) is 10.6 Å². The largest absolute Gasteiger partial charge is 0.505 e. The number of hydrogen-bond acceptors (Lipinski definition) is 5. The van der Waals surface area contributed by atoms with E-state index in [9.17, 15) is 18.3 Å². The van der Waals surface area contributed by atoms with Gasteiger partial charge in [-0.15, -0.1) is 0 Å². The van der Waals surface area contributed by atoms with Gasteiger partial charge in [0.2, 0.25) is 5.78 Å². The number of allylic oxidation sites excluding steroid dienone is 1. The van der Waals surface area contributed by atoms with Crippen molar-refractivity contribution in [1.29, 1.82) is 0 Å². The van der Waals surface area contributed by atoms with Crippen LogP contribution in [0.25, 0.3) is 16.5 Å². The first kappa shape index (κ1) is 20.6. The molecular weight excluding hydrogens is 424 g/mol. The van der Waals surface area contributed by atoms with Gasteiger partial charge in [0.15, 0.2) is 5.76 Å². The Bertz CT molecular complexity index is 1370. The summed E-state index contributed by atoms with van der Waals surface area (Å²) in [5, 5.41) is 12.9. The Kier molecular flexibility index (Phi) is 4.93. The Morgan fingerprint density at radius 2 is 1.62 bits per heavy atom. The first-order valence-corrected chi connectivity index (χ1v) is 12.2. The number of hydrogen-bond donors (Lipinski definition) is 1. The maximum absolute atomic E-state index is 13.4. The molecule has 0 unspecified atom stereocenters. The fourth-order valence-electron chi connectivity index (χ4n) is 4.53. The molecule has 6 nitrogen and oxygen atoms in total. The Hall–Kier alpha value is -3.32. The Labute approximate surface area is 187 Å². The molecule has 0 aliphatic carbocycles. The van der Waals surface area contributed by atoms with Crippen molar-refractivity contribution in [2.75, 3.05) is 25.0 Å². The third-order valence-corrected chi connectivity index (χ3v) is 8.14. The van der Waals surface area contributed by atoms with Crippen LogP contribution in [0.2, 0.25) is 0 Å². The lowest BCUT2D eigenvalue weighted by molar-refractivity contribution is 0.100. The van der Waals surface area contributed by atoms with Crippen molar-refractivity contribution >= 4 is 38.0 Å². The molecule has 5 rings (SSSR count).